The number of aliphatic hydroxyl groups excluding tert-OH is 1. The topological polar surface area (TPSA) is 168 Å². The van der Waals surface area contributed by atoms with Crippen molar-refractivity contribution >= 4 is 29.9 Å². The number of nitrogens with one attached hydrogen (secondary N) is 2. The average Bonchev–Trinajstić information content (AvgIpc) is 3.32. The number of rotatable bonds is 11. The second-order valence-electron chi connectivity index (χ2n) is 10.1. The molecule has 2 heterocycles. The molecule has 2 aliphatic rings. The first-order valence-corrected chi connectivity index (χ1v) is 17.6. The maximum absolute atomic E-state index is 13.1. The van der Waals surface area contributed by atoms with Gasteiger partial charge < -0.3 is 19.9 Å². The van der Waals surface area contributed by atoms with Crippen LogP contribution in [0.4, 0.5) is 0 Å². The second-order valence-corrected chi connectivity index (χ2v) is 15.9. The molecule has 2 aromatic rings. The third-order valence-corrected chi connectivity index (χ3v) is 11.7. The van der Waals surface area contributed by atoms with Crippen LogP contribution >= 0.6 is 0 Å². The molecule has 2 atom stereocenters. The molecule has 3 N–H and O–H groups in total. The van der Waals surface area contributed by atoms with Crippen molar-refractivity contribution in [1.82, 2.24) is 14.3 Å². The lowest BCUT2D eigenvalue weighted by molar-refractivity contribution is -0.0312. The number of hydrogen-bond acceptors (Lipinski definition) is 10. The summed E-state index contributed by atoms with van der Waals surface area (Å²) in [5, 5.41) is 13.7. The van der Waals surface area contributed by atoms with Gasteiger partial charge in [0.15, 0.2) is 9.84 Å². The minimum absolute atomic E-state index is 0.0227. The molecule has 0 aromatic heterocycles. The van der Waals surface area contributed by atoms with Gasteiger partial charge in [-0.3, -0.25) is 0 Å². The van der Waals surface area contributed by atoms with Crippen molar-refractivity contribution < 1.29 is 39.8 Å². The molecule has 0 radical (unpaired) electrons. The summed E-state index contributed by atoms with van der Waals surface area (Å²) in [6, 6.07) is 11.2. The van der Waals surface area contributed by atoms with E-state index in [2.05, 4.69) is 10.0 Å². The van der Waals surface area contributed by atoms with Crippen LogP contribution in [-0.4, -0.2) is 98.6 Å². The summed E-state index contributed by atoms with van der Waals surface area (Å²) in [5.41, 5.74) is -0.454. The Labute approximate surface area is 235 Å². The van der Waals surface area contributed by atoms with Crippen LogP contribution in [0.1, 0.15) is 19.3 Å². The van der Waals surface area contributed by atoms with E-state index in [1.807, 2.05) is 0 Å². The molecule has 12 nitrogen and oxygen atoms in total. The molecule has 0 amide bonds. The van der Waals surface area contributed by atoms with Gasteiger partial charge in [-0.25, -0.2) is 30.0 Å². The highest BCUT2D eigenvalue weighted by Crippen LogP contribution is 2.37. The average molecular weight is 618 g/mol. The van der Waals surface area contributed by atoms with Crippen LogP contribution in [0.2, 0.25) is 0 Å². The Morgan fingerprint density at radius 1 is 1.02 bits per heavy atom. The van der Waals surface area contributed by atoms with Crippen LogP contribution in [0.5, 0.6) is 5.75 Å². The monoisotopic (exact) mass is 617 g/mol. The Balaban J connectivity index is 1.24. The first-order valence-electron chi connectivity index (χ1n) is 12.8. The number of piperidine rings is 1. The summed E-state index contributed by atoms with van der Waals surface area (Å²) >= 11 is 0. The van der Waals surface area contributed by atoms with Crippen molar-refractivity contribution in [2.45, 2.75) is 51.7 Å². The number of aliphatic hydroxyl groups is 1. The van der Waals surface area contributed by atoms with E-state index < -0.39 is 41.6 Å². The number of nitrogens with zero attached hydrogens (tertiary/aromatic N) is 1. The molecule has 4 rings (SSSR count). The zero-order chi connectivity index (χ0) is 29.2. The first kappa shape index (κ1) is 30.8. The summed E-state index contributed by atoms with van der Waals surface area (Å²) in [4.78, 5) is 0.180. The first-order chi connectivity index (χ1) is 18.7. The molecule has 222 valence electrons. The Morgan fingerprint density at radius 3 is 2.30 bits per heavy atom. The molecule has 1 spiro atoms. The largest absolute Gasteiger partial charge is 0.491 e. The lowest BCUT2D eigenvalue weighted by Crippen LogP contribution is -2.47. The van der Waals surface area contributed by atoms with E-state index in [4.69, 9.17) is 9.47 Å². The van der Waals surface area contributed by atoms with E-state index in [-0.39, 0.29) is 47.0 Å². The molecule has 15 heteroatoms. The molecular weight excluding hydrogens is 582 g/mol. The number of sulfonamides is 2. The van der Waals surface area contributed by atoms with Crippen molar-refractivity contribution in [3.05, 3.63) is 48.5 Å². The zero-order valence-corrected chi connectivity index (χ0v) is 24.8. The number of hydrogen-bond donors (Lipinski definition) is 3. The quantitative estimate of drug-likeness (QED) is 0.320. The predicted octanol–water partition coefficient (Wildman–Crippen LogP) is 0.340. The maximum Gasteiger partial charge on any atom is 0.243 e. The molecule has 0 bridgehead atoms. The van der Waals surface area contributed by atoms with E-state index in [0.717, 1.165) is 6.26 Å². The highest BCUT2D eigenvalue weighted by molar-refractivity contribution is 7.91. The van der Waals surface area contributed by atoms with Crippen LogP contribution in [0.3, 0.4) is 0 Å². The van der Waals surface area contributed by atoms with Gasteiger partial charge in [0.2, 0.25) is 20.0 Å². The van der Waals surface area contributed by atoms with Crippen LogP contribution in [0, 0.1) is 0 Å². The Morgan fingerprint density at radius 2 is 1.68 bits per heavy atom. The van der Waals surface area contributed by atoms with E-state index >= 15 is 0 Å². The van der Waals surface area contributed by atoms with Crippen molar-refractivity contribution in [1.29, 1.82) is 0 Å². The maximum atomic E-state index is 13.1. The van der Waals surface area contributed by atoms with Gasteiger partial charge in [0.25, 0.3) is 0 Å². The summed E-state index contributed by atoms with van der Waals surface area (Å²) in [6.45, 7) is 1.19. The highest BCUT2D eigenvalue weighted by atomic mass is 32.2. The van der Waals surface area contributed by atoms with E-state index in [9.17, 15) is 30.4 Å². The third kappa shape index (κ3) is 7.20. The van der Waals surface area contributed by atoms with Crippen molar-refractivity contribution in [3.8, 4) is 5.75 Å². The molecule has 40 heavy (non-hydrogen) atoms. The summed E-state index contributed by atoms with van der Waals surface area (Å²) in [6.07, 6.45) is 1.93. The summed E-state index contributed by atoms with van der Waals surface area (Å²) in [5.74, 6) is 0.326. The SMILES string of the molecule is CNS(=O)(=O)c1cccc(OCC(O)CNC2COC3(CCN(S(=O)(=O)c4ccc(S(C)(=O)=O)cc4)CC3)C2)c1. The molecule has 2 saturated heterocycles. The van der Waals surface area contributed by atoms with Gasteiger partial charge >= 0.3 is 0 Å². The minimum Gasteiger partial charge on any atom is -0.491 e. The normalized spacial score (nSPS) is 20.9. The van der Waals surface area contributed by atoms with Gasteiger partial charge in [-0.2, -0.15) is 4.31 Å². The highest BCUT2D eigenvalue weighted by Gasteiger charge is 2.44. The van der Waals surface area contributed by atoms with Crippen molar-refractivity contribution in [2.75, 3.05) is 46.2 Å². The molecule has 0 aliphatic carbocycles. The molecule has 2 unspecified atom stereocenters. The van der Waals surface area contributed by atoms with Gasteiger partial charge in [0.05, 0.1) is 26.9 Å². The van der Waals surface area contributed by atoms with Crippen LogP contribution < -0.4 is 14.8 Å². The van der Waals surface area contributed by atoms with E-state index in [1.165, 1.54) is 47.8 Å². The lowest BCUT2D eigenvalue weighted by Gasteiger charge is -2.38. The summed E-state index contributed by atoms with van der Waals surface area (Å²) in [7, 11) is -9.46. The van der Waals surface area contributed by atoms with E-state index in [1.54, 1.807) is 12.1 Å². The molecular formula is C25H35N3O9S3. The van der Waals surface area contributed by atoms with E-state index in [0.29, 0.717) is 31.6 Å². The minimum atomic E-state index is -3.76. The van der Waals surface area contributed by atoms with Crippen molar-refractivity contribution in [3.63, 3.8) is 0 Å². The lowest BCUT2D eigenvalue weighted by atomic mass is 9.88. The number of sulfone groups is 1. The van der Waals surface area contributed by atoms with Gasteiger partial charge in [-0.15, -0.1) is 0 Å². The molecule has 2 aliphatic heterocycles. The number of ether oxygens (including phenoxy) is 2. The van der Waals surface area contributed by atoms with Crippen LogP contribution in [0.25, 0.3) is 0 Å². The van der Waals surface area contributed by atoms with Gasteiger partial charge in [0.1, 0.15) is 18.5 Å². The fourth-order valence-electron chi connectivity index (χ4n) is 4.87. The van der Waals surface area contributed by atoms with Gasteiger partial charge in [-0.05, 0) is 62.7 Å². The Bertz CT molecular complexity index is 1500. The van der Waals surface area contributed by atoms with Gasteiger partial charge in [-0.1, -0.05) is 6.07 Å². The number of benzene rings is 2. The molecule has 0 saturated carbocycles. The fraction of sp³-hybridized carbons (Fsp3) is 0.520. The third-order valence-electron chi connectivity index (χ3n) is 7.20. The molecule has 2 fully saturated rings. The summed E-state index contributed by atoms with van der Waals surface area (Å²) < 4.78 is 88.8. The van der Waals surface area contributed by atoms with Crippen molar-refractivity contribution in [2.24, 2.45) is 0 Å². The predicted molar refractivity (Wildman–Crippen MR) is 147 cm³/mol. The second kappa shape index (κ2) is 12.0. The van der Waals surface area contributed by atoms with Gasteiger partial charge in [0, 0.05) is 38.0 Å². The fourth-order valence-corrected chi connectivity index (χ4v) is 7.71. The smallest absolute Gasteiger partial charge is 0.243 e. The Kier molecular flexibility index (Phi) is 9.26. The molecule has 2 aromatic carbocycles. The Hall–Kier alpha value is -2.11. The van der Waals surface area contributed by atoms with Crippen LogP contribution in [-0.2, 0) is 34.6 Å². The standard InChI is InChI=1S/C25H35N3O9S3/c1-26-39(32,33)24-5-3-4-21(14-24)36-18-20(29)16-27-19-15-25(37-17-19)10-12-28(13-11-25)40(34,35)23-8-6-22(7-9-23)38(2,30)31/h3-9,14,19-20,26-27,29H,10-13,15-18H2,1-2H3. The zero-order valence-electron chi connectivity index (χ0n) is 22.3. The van der Waals surface area contributed by atoms with Crippen LogP contribution in [0.15, 0.2) is 63.2 Å².